The minimum atomic E-state index is -0.973. The van der Waals surface area contributed by atoms with Crippen LogP contribution in [0.2, 0.25) is 0 Å². The number of nitrogens with zero attached hydrogens (tertiary/aromatic N) is 1. The van der Waals surface area contributed by atoms with Gasteiger partial charge >= 0.3 is 6.09 Å². The van der Waals surface area contributed by atoms with Crippen molar-refractivity contribution in [3.63, 3.8) is 0 Å². The number of carbonyl (C=O) groups is 1. The molecule has 0 saturated carbocycles. The van der Waals surface area contributed by atoms with Gasteiger partial charge < -0.3 is 13.8 Å². The maximum atomic E-state index is 11.4. The second-order valence-corrected chi connectivity index (χ2v) is 4.83. The topological polar surface area (TPSA) is 48.0 Å². The lowest BCUT2D eigenvalue weighted by atomic mass is 10.3. The Hall–Kier alpha value is -0.900. The minimum absolute atomic E-state index is 0.0654. The molecule has 0 saturated heterocycles. The number of allylic oxidation sites excluding steroid dienone is 2. The maximum absolute atomic E-state index is 11.4. The third-order valence-electron chi connectivity index (χ3n) is 1.97. The maximum Gasteiger partial charge on any atom is 0.417 e. The Morgan fingerprint density at radius 2 is 1.88 bits per heavy atom. The lowest BCUT2D eigenvalue weighted by Gasteiger charge is -2.23. The molecule has 1 aliphatic rings. The van der Waals surface area contributed by atoms with Gasteiger partial charge in [-0.05, 0) is 6.92 Å². The molecular weight excluding hydrogens is 229 g/mol. The van der Waals surface area contributed by atoms with Crippen LogP contribution >= 0.6 is 8.38 Å². The van der Waals surface area contributed by atoms with Crippen LogP contribution in [0.1, 0.15) is 6.92 Å². The van der Waals surface area contributed by atoms with E-state index in [-0.39, 0.29) is 11.8 Å². The van der Waals surface area contributed by atoms with Gasteiger partial charge in [0.05, 0.1) is 12.3 Å². The van der Waals surface area contributed by atoms with E-state index in [1.54, 1.807) is 33.5 Å². The van der Waals surface area contributed by atoms with Gasteiger partial charge in [0.25, 0.3) is 0 Å². The average Bonchev–Trinajstić information content (AvgIpc) is 2.32. The quantitative estimate of drug-likeness (QED) is 0.714. The molecular formula is C10H16NO4P. The zero-order valence-corrected chi connectivity index (χ0v) is 10.5. The standard InChI is InChI=1S/C10H16NO4P/c1-4-15-10(12)11-7-5-9(6-8-11)16(13-2)14-3/h5-9H,4H2,1-3H3. The number of amides is 1. The molecule has 1 amide bonds. The molecule has 0 radical (unpaired) electrons. The molecule has 0 aromatic rings. The first-order valence-corrected chi connectivity index (χ1v) is 6.16. The van der Waals surface area contributed by atoms with E-state index in [1.165, 1.54) is 4.90 Å². The van der Waals surface area contributed by atoms with Crippen molar-refractivity contribution in [1.82, 2.24) is 4.90 Å². The Labute approximate surface area is 96.6 Å². The van der Waals surface area contributed by atoms with Crippen molar-refractivity contribution in [3.8, 4) is 0 Å². The third kappa shape index (κ3) is 3.30. The highest BCUT2D eigenvalue weighted by Crippen LogP contribution is 2.44. The first kappa shape index (κ1) is 13.2. The van der Waals surface area contributed by atoms with E-state index in [0.717, 1.165) is 0 Å². The molecule has 5 nitrogen and oxygen atoms in total. The summed E-state index contributed by atoms with van der Waals surface area (Å²) in [7, 11) is 2.24. The van der Waals surface area contributed by atoms with E-state index < -0.39 is 8.38 Å². The van der Waals surface area contributed by atoms with Gasteiger partial charge in [-0.25, -0.2) is 4.79 Å². The fraction of sp³-hybridized carbons (Fsp3) is 0.500. The molecule has 0 N–H and O–H groups in total. The normalized spacial score (nSPS) is 15.9. The van der Waals surface area contributed by atoms with E-state index in [4.69, 9.17) is 13.8 Å². The molecule has 1 heterocycles. The van der Waals surface area contributed by atoms with Crippen LogP contribution in [0.15, 0.2) is 24.6 Å². The molecule has 1 rings (SSSR count). The number of rotatable bonds is 4. The SMILES string of the molecule is CCOC(=O)N1C=CC(P(OC)OC)C=C1. The van der Waals surface area contributed by atoms with Crippen LogP contribution < -0.4 is 0 Å². The molecule has 90 valence electrons. The average molecular weight is 245 g/mol. The summed E-state index contributed by atoms with van der Waals surface area (Å²) in [5.74, 6) is 0. The summed E-state index contributed by atoms with van der Waals surface area (Å²) >= 11 is 0. The lowest BCUT2D eigenvalue weighted by Crippen LogP contribution is -2.24. The summed E-state index contributed by atoms with van der Waals surface area (Å²) in [5.41, 5.74) is 0.0654. The fourth-order valence-corrected chi connectivity index (χ4v) is 2.32. The predicted molar refractivity (Wildman–Crippen MR) is 61.9 cm³/mol. The summed E-state index contributed by atoms with van der Waals surface area (Å²) < 4.78 is 15.2. The van der Waals surface area contributed by atoms with Crippen molar-refractivity contribution in [2.24, 2.45) is 0 Å². The van der Waals surface area contributed by atoms with Crippen molar-refractivity contribution in [2.45, 2.75) is 12.6 Å². The molecule has 0 aromatic heterocycles. The first-order chi connectivity index (χ1) is 7.72. The van der Waals surface area contributed by atoms with Crippen molar-refractivity contribution < 1.29 is 18.6 Å². The van der Waals surface area contributed by atoms with Crippen LogP contribution in [0.4, 0.5) is 4.79 Å². The van der Waals surface area contributed by atoms with Gasteiger partial charge in [0.15, 0.2) is 8.38 Å². The molecule has 6 heteroatoms. The van der Waals surface area contributed by atoms with Crippen LogP contribution in [0.25, 0.3) is 0 Å². The van der Waals surface area contributed by atoms with Crippen LogP contribution in [-0.2, 0) is 13.8 Å². The Kier molecular flexibility index (Phi) is 5.46. The zero-order valence-electron chi connectivity index (χ0n) is 9.62. The second kappa shape index (κ2) is 6.63. The van der Waals surface area contributed by atoms with Crippen LogP contribution in [0, 0.1) is 0 Å². The monoisotopic (exact) mass is 245 g/mol. The Balaban J connectivity index is 2.55. The molecule has 16 heavy (non-hydrogen) atoms. The molecule has 0 atom stereocenters. The zero-order chi connectivity index (χ0) is 12.0. The van der Waals surface area contributed by atoms with Crippen LogP contribution in [0.3, 0.4) is 0 Å². The van der Waals surface area contributed by atoms with E-state index in [0.29, 0.717) is 6.61 Å². The van der Waals surface area contributed by atoms with Crippen LogP contribution in [0.5, 0.6) is 0 Å². The van der Waals surface area contributed by atoms with Gasteiger partial charge in [-0.2, -0.15) is 0 Å². The highest BCUT2D eigenvalue weighted by molar-refractivity contribution is 7.48. The molecule has 0 bridgehead atoms. The smallest absolute Gasteiger partial charge is 0.417 e. The number of hydrogen-bond donors (Lipinski definition) is 0. The van der Waals surface area contributed by atoms with E-state index in [9.17, 15) is 4.79 Å². The molecule has 0 aliphatic carbocycles. The molecule has 1 aliphatic heterocycles. The summed E-state index contributed by atoms with van der Waals surface area (Å²) in [4.78, 5) is 12.7. The fourth-order valence-electron chi connectivity index (χ4n) is 1.25. The Morgan fingerprint density at radius 1 is 1.31 bits per heavy atom. The third-order valence-corrected chi connectivity index (χ3v) is 3.52. The molecule has 0 unspecified atom stereocenters. The van der Waals surface area contributed by atoms with Gasteiger partial charge in [-0.15, -0.1) is 0 Å². The summed E-state index contributed by atoms with van der Waals surface area (Å²) in [6.45, 7) is 2.14. The highest BCUT2D eigenvalue weighted by atomic mass is 31.2. The highest BCUT2D eigenvalue weighted by Gasteiger charge is 2.21. The van der Waals surface area contributed by atoms with Crippen molar-refractivity contribution in [2.75, 3.05) is 20.8 Å². The second-order valence-electron chi connectivity index (χ2n) is 2.93. The summed E-state index contributed by atoms with van der Waals surface area (Å²) in [6.07, 6.45) is 6.66. The van der Waals surface area contributed by atoms with E-state index in [1.807, 2.05) is 12.2 Å². The van der Waals surface area contributed by atoms with Gasteiger partial charge in [0.2, 0.25) is 0 Å². The van der Waals surface area contributed by atoms with Gasteiger partial charge in [-0.1, -0.05) is 12.2 Å². The number of carbonyl (C=O) groups excluding carboxylic acids is 1. The van der Waals surface area contributed by atoms with E-state index >= 15 is 0 Å². The predicted octanol–water partition coefficient (Wildman–Crippen LogP) is 2.46. The van der Waals surface area contributed by atoms with Crippen molar-refractivity contribution in [1.29, 1.82) is 0 Å². The molecule has 0 spiro atoms. The van der Waals surface area contributed by atoms with E-state index in [2.05, 4.69) is 0 Å². The summed E-state index contributed by atoms with van der Waals surface area (Å²) in [6, 6.07) is 0. The van der Waals surface area contributed by atoms with Crippen LogP contribution in [-0.4, -0.2) is 37.5 Å². The van der Waals surface area contributed by atoms with Gasteiger partial charge in [0, 0.05) is 26.6 Å². The minimum Gasteiger partial charge on any atom is -0.449 e. The molecule has 0 aromatic carbocycles. The lowest BCUT2D eigenvalue weighted by molar-refractivity contribution is 0.133. The Morgan fingerprint density at radius 3 is 2.31 bits per heavy atom. The van der Waals surface area contributed by atoms with Crippen molar-refractivity contribution >= 4 is 14.5 Å². The largest absolute Gasteiger partial charge is 0.449 e. The Bertz CT molecular complexity index is 275. The number of ether oxygens (including phenoxy) is 1. The first-order valence-electron chi connectivity index (χ1n) is 4.92. The molecule has 0 fully saturated rings. The van der Waals surface area contributed by atoms with Gasteiger partial charge in [-0.3, -0.25) is 4.90 Å². The van der Waals surface area contributed by atoms with Crippen molar-refractivity contribution in [3.05, 3.63) is 24.6 Å². The number of hydrogen-bond acceptors (Lipinski definition) is 4. The van der Waals surface area contributed by atoms with Gasteiger partial charge in [0.1, 0.15) is 0 Å². The summed E-state index contributed by atoms with van der Waals surface area (Å²) in [5, 5.41) is 0.